The Labute approximate surface area is 192 Å². The average molecular weight is 566 g/mol. The number of halogens is 2. The van der Waals surface area contributed by atoms with Crippen molar-refractivity contribution >= 4 is 50.6 Å². The average Bonchev–Trinajstić information content (AvgIpc) is 2.96. The minimum atomic E-state index is -0.316. The Bertz CT molecular complexity index is 1080. The standard InChI is InChI=1S/C22H21BrIN3O2/c1-14-9-19(7-8-21(14)24)27-15(2)10-17(16(27)3)12-25-26-22(28)13-29-20-6-4-5-18(23)11-20/h4-12H,13H2,1-3H3,(H,26,28)/b25-12+. The van der Waals surface area contributed by atoms with Crippen molar-refractivity contribution in [3.8, 4) is 11.4 Å². The van der Waals surface area contributed by atoms with Gasteiger partial charge in [-0.05, 0) is 91.4 Å². The molecule has 5 nitrogen and oxygen atoms in total. The molecule has 0 unspecified atom stereocenters. The predicted octanol–water partition coefficient (Wildman–Crippen LogP) is 5.30. The van der Waals surface area contributed by atoms with E-state index in [1.165, 1.54) is 9.13 Å². The molecule has 150 valence electrons. The summed E-state index contributed by atoms with van der Waals surface area (Å²) in [6, 6.07) is 15.8. The Balaban J connectivity index is 1.65. The van der Waals surface area contributed by atoms with Crippen LogP contribution in [-0.4, -0.2) is 23.3 Å². The molecule has 0 bridgehead atoms. The molecule has 0 spiro atoms. The zero-order valence-corrected chi connectivity index (χ0v) is 20.1. The number of nitrogens with zero attached hydrogens (tertiary/aromatic N) is 2. The van der Waals surface area contributed by atoms with Gasteiger partial charge in [0.05, 0.1) is 6.21 Å². The summed E-state index contributed by atoms with van der Waals surface area (Å²) in [6.45, 7) is 6.10. The molecule has 29 heavy (non-hydrogen) atoms. The van der Waals surface area contributed by atoms with Crippen LogP contribution in [0.3, 0.4) is 0 Å². The van der Waals surface area contributed by atoms with Crippen LogP contribution in [-0.2, 0) is 4.79 Å². The fraction of sp³-hybridized carbons (Fsp3) is 0.182. The molecule has 0 atom stereocenters. The smallest absolute Gasteiger partial charge is 0.277 e. The highest BCUT2D eigenvalue weighted by Crippen LogP contribution is 2.22. The molecule has 3 rings (SSSR count). The van der Waals surface area contributed by atoms with E-state index in [1.54, 1.807) is 18.3 Å². The van der Waals surface area contributed by atoms with Gasteiger partial charge in [-0.3, -0.25) is 4.79 Å². The van der Waals surface area contributed by atoms with Crippen molar-refractivity contribution in [3.05, 3.63) is 79.1 Å². The van der Waals surface area contributed by atoms with Crippen molar-refractivity contribution in [3.63, 3.8) is 0 Å². The van der Waals surface area contributed by atoms with Gasteiger partial charge in [-0.2, -0.15) is 5.10 Å². The van der Waals surface area contributed by atoms with Crippen LogP contribution in [0.5, 0.6) is 5.75 Å². The summed E-state index contributed by atoms with van der Waals surface area (Å²) in [7, 11) is 0. The highest BCUT2D eigenvalue weighted by atomic mass is 127. The lowest BCUT2D eigenvalue weighted by Gasteiger charge is -2.11. The van der Waals surface area contributed by atoms with Crippen LogP contribution in [0.15, 0.2) is 58.1 Å². The molecule has 0 saturated heterocycles. The number of amides is 1. The van der Waals surface area contributed by atoms with Gasteiger partial charge in [0.1, 0.15) is 5.75 Å². The number of aromatic nitrogens is 1. The SMILES string of the molecule is Cc1cc(-n2c(C)cc(/C=N/NC(=O)COc3cccc(Br)c3)c2C)ccc1I. The molecule has 3 aromatic rings. The Morgan fingerprint density at radius 3 is 2.72 bits per heavy atom. The van der Waals surface area contributed by atoms with Crippen molar-refractivity contribution in [2.75, 3.05) is 6.61 Å². The Hall–Kier alpha value is -2.13. The van der Waals surface area contributed by atoms with E-state index < -0.39 is 0 Å². The molecule has 1 N–H and O–H groups in total. The van der Waals surface area contributed by atoms with E-state index in [1.807, 2.05) is 19.1 Å². The van der Waals surface area contributed by atoms with Crippen LogP contribution in [0.4, 0.5) is 0 Å². The fourth-order valence-corrected chi connectivity index (χ4v) is 3.71. The fourth-order valence-electron chi connectivity index (χ4n) is 3.00. The highest BCUT2D eigenvalue weighted by molar-refractivity contribution is 14.1. The Kier molecular flexibility index (Phi) is 7.13. The van der Waals surface area contributed by atoms with Crippen molar-refractivity contribution in [1.29, 1.82) is 0 Å². The van der Waals surface area contributed by atoms with Gasteiger partial charge in [0, 0.05) is 30.7 Å². The molecular formula is C22H21BrIN3O2. The van der Waals surface area contributed by atoms with Crippen LogP contribution in [0.2, 0.25) is 0 Å². The normalized spacial score (nSPS) is 11.1. The molecule has 1 aromatic heterocycles. The number of rotatable bonds is 6. The number of benzene rings is 2. The number of carbonyl (C=O) groups excluding carboxylic acids is 1. The molecule has 0 saturated carbocycles. The van der Waals surface area contributed by atoms with E-state index in [9.17, 15) is 4.79 Å². The maximum absolute atomic E-state index is 12.0. The first-order chi connectivity index (χ1) is 13.8. The molecule has 7 heteroatoms. The second-order valence-electron chi connectivity index (χ2n) is 6.63. The van der Waals surface area contributed by atoms with Crippen LogP contribution < -0.4 is 10.2 Å². The second-order valence-corrected chi connectivity index (χ2v) is 8.71. The summed E-state index contributed by atoms with van der Waals surface area (Å²) >= 11 is 5.71. The molecule has 1 amide bonds. The maximum Gasteiger partial charge on any atom is 0.277 e. The van der Waals surface area contributed by atoms with Gasteiger partial charge in [-0.25, -0.2) is 5.43 Å². The monoisotopic (exact) mass is 565 g/mol. The molecule has 0 radical (unpaired) electrons. The molecular weight excluding hydrogens is 545 g/mol. The zero-order chi connectivity index (χ0) is 21.0. The molecule has 1 heterocycles. The molecule has 0 fully saturated rings. The number of ether oxygens (including phenoxy) is 1. The Morgan fingerprint density at radius 2 is 2.00 bits per heavy atom. The van der Waals surface area contributed by atoms with Gasteiger partial charge in [0.25, 0.3) is 5.91 Å². The van der Waals surface area contributed by atoms with Gasteiger partial charge in [-0.1, -0.05) is 22.0 Å². The predicted molar refractivity (Wildman–Crippen MR) is 128 cm³/mol. The molecule has 0 aliphatic heterocycles. The van der Waals surface area contributed by atoms with Gasteiger partial charge in [0.15, 0.2) is 6.61 Å². The third kappa shape index (κ3) is 5.48. The largest absolute Gasteiger partial charge is 0.484 e. The van der Waals surface area contributed by atoms with Gasteiger partial charge in [0.2, 0.25) is 0 Å². The number of aryl methyl sites for hydroxylation is 2. The number of hydrogen-bond acceptors (Lipinski definition) is 3. The second kappa shape index (κ2) is 9.58. The van der Waals surface area contributed by atoms with E-state index >= 15 is 0 Å². The number of carbonyl (C=O) groups is 1. The van der Waals surface area contributed by atoms with Crippen molar-refractivity contribution < 1.29 is 9.53 Å². The zero-order valence-electron chi connectivity index (χ0n) is 16.4. The van der Waals surface area contributed by atoms with Crippen molar-refractivity contribution in [1.82, 2.24) is 9.99 Å². The summed E-state index contributed by atoms with van der Waals surface area (Å²) in [5.41, 5.74) is 7.98. The lowest BCUT2D eigenvalue weighted by molar-refractivity contribution is -0.123. The first kappa shape index (κ1) is 21.6. The first-order valence-electron chi connectivity index (χ1n) is 9.01. The topological polar surface area (TPSA) is 55.6 Å². The number of hydrogen-bond donors (Lipinski definition) is 1. The lowest BCUT2D eigenvalue weighted by Crippen LogP contribution is -2.24. The van der Waals surface area contributed by atoms with E-state index in [4.69, 9.17) is 4.74 Å². The van der Waals surface area contributed by atoms with Crippen LogP contribution in [0.1, 0.15) is 22.5 Å². The summed E-state index contributed by atoms with van der Waals surface area (Å²) in [5.74, 6) is 0.304. The van der Waals surface area contributed by atoms with Crippen LogP contribution in [0, 0.1) is 24.3 Å². The van der Waals surface area contributed by atoms with E-state index in [2.05, 4.69) is 91.7 Å². The lowest BCUT2D eigenvalue weighted by atomic mass is 10.2. The van der Waals surface area contributed by atoms with Crippen molar-refractivity contribution in [2.45, 2.75) is 20.8 Å². The third-order valence-corrected chi connectivity index (χ3v) is 6.13. The van der Waals surface area contributed by atoms with E-state index in [0.717, 1.165) is 27.1 Å². The van der Waals surface area contributed by atoms with Crippen LogP contribution >= 0.6 is 38.5 Å². The quantitative estimate of drug-likeness (QED) is 0.250. The van der Waals surface area contributed by atoms with E-state index in [-0.39, 0.29) is 12.5 Å². The number of nitrogens with one attached hydrogen (secondary N) is 1. The minimum absolute atomic E-state index is 0.102. The maximum atomic E-state index is 12.0. The third-order valence-electron chi connectivity index (χ3n) is 4.43. The Morgan fingerprint density at radius 1 is 1.21 bits per heavy atom. The van der Waals surface area contributed by atoms with Gasteiger partial charge >= 0.3 is 0 Å². The van der Waals surface area contributed by atoms with Gasteiger partial charge in [-0.15, -0.1) is 0 Å². The summed E-state index contributed by atoms with van der Waals surface area (Å²) < 4.78 is 9.77. The first-order valence-corrected chi connectivity index (χ1v) is 10.9. The van der Waals surface area contributed by atoms with E-state index in [0.29, 0.717) is 5.75 Å². The molecule has 0 aliphatic carbocycles. The van der Waals surface area contributed by atoms with Crippen molar-refractivity contribution in [2.24, 2.45) is 5.10 Å². The molecule has 2 aromatic carbocycles. The highest BCUT2D eigenvalue weighted by Gasteiger charge is 2.10. The van der Waals surface area contributed by atoms with Gasteiger partial charge < -0.3 is 9.30 Å². The summed E-state index contributed by atoms with van der Waals surface area (Å²) in [5, 5.41) is 4.08. The summed E-state index contributed by atoms with van der Waals surface area (Å²) in [4.78, 5) is 12.0. The van der Waals surface area contributed by atoms with Crippen LogP contribution in [0.25, 0.3) is 5.69 Å². The summed E-state index contributed by atoms with van der Waals surface area (Å²) in [6.07, 6.45) is 1.66. The molecule has 0 aliphatic rings. The minimum Gasteiger partial charge on any atom is -0.484 e. The number of hydrazone groups is 1.